The molecule has 106 valence electrons. The highest BCUT2D eigenvalue weighted by atomic mass is 16.7. The largest absolute Gasteiger partial charge is 0.466 e. The van der Waals surface area contributed by atoms with Crippen molar-refractivity contribution in [1.82, 2.24) is 0 Å². The predicted molar refractivity (Wildman–Crippen MR) is 61.5 cm³/mol. The lowest BCUT2D eigenvalue weighted by Crippen LogP contribution is -2.31. The molecule has 0 saturated heterocycles. The Balaban J connectivity index is 3.88. The molecule has 8 nitrogen and oxygen atoms in total. The van der Waals surface area contributed by atoms with E-state index in [1.165, 1.54) is 6.92 Å². The maximum atomic E-state index is 11.1. The Bertz CT molecular complexity index is 389. The molecule has 0 bridgehead atoms. The molecular weight excluding hydrogens is 258 g/mol. The van der Waals surface area contributed by atoms with E-state index in [9.17, 15) is 19.2 Å². The van der Waals surface area contributed by atoms with E-state index in [-0.39, 0.29) is 12.2 Å². The zero-order chi connectivity index (χ0) is 14.8. The Morgan fingerprint density at radius 3 is 2.21 bits per heavy atom. The van der Waals surface area contributed by atoms with Crippen molar-refractivity contribution in [2.24, 2.45) is 5.73 Å². The van der Waals surface area contributed by atoms with Crippen LogP contribution in [0.4, 0.5) is 0 Å². The summed E-state index contributed by atoms with van der Waals surface area (Å²) in [6, 6.07) is -0.942. The normalized spacial score (nSPS) is 11.7. The van der Waals surface area contributed by atoms with Crippen LogP contribution in [-0.2, 0) is 33.4 Å². The third-order valence-corrected chi connectivity index (χ3v) is 1.89. The van der Waals surface area contributed by atoms with E-state index in [0.29, 0.717) is 0 Å². The number of nitrogens with two attached hydrogens (primary N) is 1. The minimum absolute atomic E-state index is 0.301. The monoisotopic (exact) mass is 273 g/mol. The number of Topliss-reactive ketones (excluding diaryl/α,β-unsaturated/α-hetero) is 1. The molecule has 0 aliphatic rings. The number of carbonyl (C=O) groups excluding carboxylic acids is 4. The van der Waals surface area contributed by atoms with Gasteiger partial charge in [-0.1, -0.05) is 0 Å². The Labute approximate surface area is 109 Å². The van der Waals surface area contributed by atoms with Crippen LogP contribution in [-0.4, -0.2) is 43.6 Å². The van der Waals surface area contributed by atoms with Crippen molar-refractivity contribution < 1.29 is 33.4 Å². The standard InChI is InChI=1S/C11H15NO7/c1-7(13)8(12)5-11(16)19-6-18-10(15)4-3-9(14)17-2/h3-4,8H,5-6,12H2,1-2H3/b4-3+/t8-/m0/s1. The third kappa shape index (κ3) is 8.50. The molecule has 0 saturated carbocycles. The number of ketones is 1. The number of carbonyl (C=O) groups is 4. The summed E-state index contributed by atoms with van der Waals surface area (Å²) in [6.07, 6.45) is 1.38. The number of rotatable bonds is 7. The average molecular weight is 273 g/mol. The van der Waals surface area contributed by atoms with Crippen LogP contribution in [0.1, 0.15) is 13.3 Å². The van der Waals surface area contributed by atoms with E-state index in [1.54, 1.807) is 0 Å². The number of ether oxygens (including phenoxy) is 3. The zero-order valence-corrected chi connectivity index (χ0v) is 10.6. The summed E-state index contributed by atoms with van der Waals surface area (Å²) in [4.78, 5) is 43.5. The topological polar surface area (TPSA) is 122 Å². The van der Waals surface area contributed by atoms with Crippen LogP contribution >= 0.6 is 0 Å². The van der Waals surface area contributed by atoms with Crippen LogP contribution in [0, 0.1) is 0 Å². The molecule has 0 radical (unpaired) electrons. The Hall–Kier alpha value is -2.22. The molecule has 0 amide bonds. The van der Waals surface area contributed by atoms with Gasteiger partial charge in [-0.2, -0.15) is 0 Å². The summed E-state index contributed by atoms with van der Waals surface area (Å²) < 4.78 is 13.2. The van der Waals surface area contributed by atoms with Gasteiger partial charge in [0.1, 0.15) is 5.78 Å². The molecule has 0 aliphatic carbocycles. The van der Waals surface area contributed by atoms with Crippen molar-refractivity contribution in [3.63, 3.8) is 0 Å². The van der Waals surface area contributed by atoms with Gasteiger partial charge in [-0.3, -0.25) is 9.59 Å². The molecule has 8 heteroatoms. The lowest BCUT2D eigenvalue weighted by Gasteiger charge is -2.07. The van der Waals surface area contributed by atoms with Crippen LogP contribution in [0.2, 0.25) is 0 Å². The van der Waals surface area contributed by atoms with E-state index >= 15 is 0 Å². The second-order valence-electron chi connectivity index (χ2n) is 3.38. The van der Waals surface area contributed by atoms with Gasteiger partial charge in [-0.05, 0) is 6.92 Å². The molecular formula is C11H15NO7. The summed E-state index contributed by atoms with van der Waals surface area (Å²) in [5.74, 6) is -2.72. The molecule has 0 aromatic rings. The SMILES string of the molecule is COC(=O)/C=C/C(=O)OCOC(=O)C[C@H](N)C(C)=O. The molecule has 0 fully saturated rings. The van der Waals surface area contributed by atoms with Crippen LogP contribution in [0.3, 0.4) is 0 Å². The van der Waals surface area contributed by atoms with E-state index < -0.39 is 30.7 Å². The highest BCUT2D eigenvalue weighted by Gasteiger charge is 2.14. The molecule has 0 rings (SSSR count). The van der Waals surface area contributed by atoms with Crippen molar-refractivity contribution >= 4 is 23.7 Å². The van der Waals surface area contributed by atoms with Gasteiger partial charge in [0.15, 0.2) is 0 Å². The summed E-state index contributed by atoms with van der Waals surface area (Å²) >= 11 is 0. The zero-order valence-electron chi connectivity index (χ0n) is 10.6. The molecule has 0 spiro atoms. The van der Waals surface area contributed by atoms with Gasteiger partial charge in [0.25, 0.3) is 0 Å². The highest BCUT2D eigenvalue weighted by Crippen LogP contribution is 1.94. The molecule has 2 N–H and O–H groups in total. The number of hydrogen-bond donors (Lipinski definition) is 1. The summed E-state index contributed by atoms with van der Waals surface area (Å²) in [6.45, 7) is 0.614. The van der Waals surface area contributed by atoms with Gasteiger partial charge < -0.3 is 19.9 Å². The van der Waals surface area contributed by atoms with Gasteiger partial charge in [-0.15, -0.1) is 0 Å². The van der Waals surface area contributed by atoms with Crippen molar-refractivity contribution in [3.05, 3.63) is 12.2 Å². The molecule has 0 heterocycles. The second-order valence-corrected chi connectivity index (χ2v) is 3.38. The van der Waals surface area contributed by atoms with Gasteiger partial charge in [0.05, 0.1) is 19.6 Å². The lowest BCUT2D eigenvalue weighted by atomic mass is 10.1. The van der Waals surface area contributed by atoms with Crippen molar-refractivity contribution in [2.75, 3.05) is 13.9 Å². The number of methoxy groups -OCH3 is 1. The fourth-order valence-electron chi connectivity index (χ4n) is 0.788. The van der Waals surface area contributed by atoms with E-state index in [4.69, 9.17) is 5.73 Å². The van der Waals surface area contributed by atoms with Crippen LogP contribution in [0.5, 0.6) is 0 Å². The first-order valence-electron chi connectivity index (χ1n) is 5.21. The van der Waals surface area contributed by atoms with E-state index in [1.807, 2.05) is 0 Å². The predicted octanol–water partition coefficient (Wildman–Crippen LogP) is -0.934. The first kappa shape index (κ1) is 16.8. The van der Waals surface area contributed by atoms with Gasteiger partial charge in [0, 0.05) is 12.2 Å². The maximum absolute atomic E-state index is 11.1. The molecule has 0 aromatic heterocycles. The maximum Gasteiger partial charge on any atom is 0.333 e. The van der Waals surface area contributed by atoms with E-state index in [0.717, 1.165) is 19.3 Å². The smallest absolute Gasteiger partial charge is 0.333 e. The van der Waals surface area contributed by atoms with Crippen molar-refractivity contribution in [2.45, 2.75) is 19.4 Å². The second kappa shape index (κ2) is 8.81. The minimum Gasteiger partial charge on any atom is -0.466 e. The summed E-state index contributed by atoms with van der Waals surface area (Å²) in [5.41, 5.74) is 5.32. The minimum atomic E-state index is -0.942. The third-order valence-electron chi connectivity index (χ3n) is 1.89. The first-order chi connectivity index (χ1) is 8.86. The molecule has 19 heavy (non-hydrogen) atoms. The van der Waals surface area contributed by atoms with Crippen molar-refractivity contribution in [1.29, 1.82) is 0 Å². The first-order valence-corrected chi connectivity index (χ1v) is 5.21. The summed E-state index contributed by atoms with van der Waals surface area (Å²) in [7, 11) is 1.15. The average Bonchev–Trinajstić information content (AvgIpc) is 2.35. The van der Waals surface area contributed by atoms with Crippen LogP contribution in [0.15, 0.2) is 12.2 Å². The van der Waals surface area contributed by atoms with E-state index in [2.05, 4.69) is 14.2 Å². The quantitative estimate of drug-likeness (QED) is 0.358. The molecule has 1 atom stereocenters. The molecule has 0 aliphatic heterocycles. The van der Waals surface area contributed by atoms with Crippen LogP contribution < -0.4 is 5.73 Å². The van der Waals surface area contributed by atoms with Gasteiger partial charge in [-0.25, -0.2) is 9.59 Å². The number of esters is 3. The Morgan fingerprint density at radius 1 is 1.11 bits per heavy atom. The molecule has 0 aromatic carbocycles. The fraction of sp³-hybridized carbons (Fsp3) is 0.455. The fourth-order valence-corrected chi connectivity index (χ4v) is 0.788. The number of hydrogen-bond acceptors (Lipinski definition) is 8. The molecule has 0 unspecified atom stereocenters. The van der Waals surface area contributed by atoms with Crippen LogP contribution in [0.25, 0.3) is 0 Å². The van der Waals surface area contributed by atoms with Crippen molar-refractivity contribution in [3.8, 4) is 0 Å². The Kier molecular flexibility index (Phi) is 7.78. The Morgan fingerprint density at radius 2 is 1.68 bits per heavy atom. The lowest BCUT2D eigenvalue weighted by molar-refractivity contribution is -0.164. The highest BCUT2D eigenvalue weighted by molar-refractivity contribution is 5.91. The van der Waals surface area contributed by atoms with Gasteiger partial charge >= 0.3 is 17.9 Å². The summed E-state index contributed by atoms with van der Waals surface area (Å²) in [5, 5.41) is 0. The van der Waals surface area contributed by atoms with Gasteiger partial charge in [0.2, 0.25) is 6.79 Å².